The van der Waals surface area contributed by atoms with E-state index in [9.17, 15) is 9.90 Å². The summed E-state index contributed by atoms with van der Waals surface area (Å²) in [5.74, 6) is 0.0402. The predicted molar refractivity (Wildman–Crippen MR) is 95.4 cm³/mol. The SMILES string of the molecule is CC(C)N(C)CC1CC[C@]2(COCCN(C(=O)CC3(O)CCC3)C2)O1. The van der Waals surface area contributed by atoms with Gasteiger partial charge in [0, 0.05) is 19.1 Å². The van der Waals surface area contributed by atoms with Gasteiger partial charge in [-0.05, 0) is 53.0 Å². The first-order chi connectivity index (χ1) is 11.8. The zero-order valence-electron chi connectivity index (χ0n) is 16.0. The number of likely N-dealkylation sites (N-methyl/N-ethyl adjacent to an activating group) is 1. The van der Waals surface area contributed by atoms with Gasteiger partial charge in [0.2, 0.25) is 5.91 Å². The lowest BCUT2D eigenvalue weighted by molar-refractivity contribution is -0.145. The van der Waals surface area contributed by atoms with Crippen LogP contribution in [-0.4, -0.2) is 84.1 Å². The van der Waals surface area contributed by atoms with E-state index in [4.69, 9.17) is 9.47 Å². The maximum absolute atomic E-state index is 12.7. The molecule has 6 heteroatoms. The smallest absolute Gasteiger partial charge is 0.225 e. The second kappa shape index (κ2) is 7.51. The van der Waals surface area contributed by atoms with Crippen molar-refractivity contribution in [2.24, 2.45) is 0 Å². The maximum Gasteiger partial charge on any atom is 0.225 e. The fraction of sp³-hybridized carbons (Fsp3) is 0.947. The Bertz CT molecular complexity index is 480. The van der Waals surface area contributed by atoms with Crippen LogP contribution in [0.4, 0.5) is 0 Å². The molecule has 2 saturated heterocycles. The number of aliphatic hydroxyl groups is 1. The second-order valence-corrected chi connectivity index (χ2v) is 8.62. The van der Waals surface area contributed by atoms with Crippen molar-refractivity contribution in [3.63, 3.8) is 0 Å². The number of amides is 1. The van der Waals surface area contributed by atoms with Gasteiger partial charge in [-0.15, -0.1) is 0 Å². The van der Waals surface area contributed by atoms with Gasteiger partial charge in [-0.2, -0.15) is 0 Å². The van der Waals surface area contributed by atoms with E-state index in [0.29, 0.717) is 32.3 Å². The van der Waals surface area contributed by atoms with Gasteiger partial charge in [0.25, 0.3) is 0 Å². The van der Waals surface area contributed by atoms with Gasteiger partial charge in [-0.3, -0.25) is 4.79 Å². The van der Waals surface area contributed by atoms with Gasteiger partial charge < -0.3 is 24.4 Å². The van der Waals surface area contributed by atoms with Gasteiger partial charge in [0.05, 0.1) is 37.9 Å². The highest BCUT2D eigenvalue weighted by Crippen LogP contribution is 2.37. The Kier molecular flexibility index (Phi) is 5.73. The van der Waals surface area contributed by atoms with Crippen LogP contribution in [0.25, 0.3) is 0 Å². The van der Waals surface area contributed by atoms with Crippen molar-refractivity contribution >= 4 is 5.91 Å². The minimum Gasteiger partial charge on any atom is -0.389 e. The van der Waals surface area contributed by atoms with Crippen LogP contribution in [0, 0.1) is 0 Å². The highest BCUT2D eigenvalue weighted by molar-refractivity contribution is 5.77. The summed E-state index contributed by atoms with van der Waals surface area (Å²) in [6.45, 7) is 7.57. The molecule has 1 amide bonds. The van der Waals surface area contributed by atoms with Crippen molar-refractivity contribution in [3.8, 4) is 0 Å². The van der Waals surface area contributed by atoms with Crippen molar-refractivity contribution in [2.75, 3.05) is 39.9 Å². The normalized spacial score (nSPS) is 32.2. The summed E-state index contributed by atoms with van der Waals surface area (Å²) in [5, 5.41) is 10.3. The zero-order valence-corrected chi connectivity index (χ0v) is 16.0. The number of carbonyl (C=O) groups excluding carboxylic acids is 1. The van der Waals surface area contributed by atoms with E-state index in [2.05, 4.69) is 25.8 Å². The van der Waals surface area contributed by atoms with E-state index in [0.717, 1.165) is 38.6 Å². The van der Waals surface area contributed by atoms with Crippen molar-refractivity contribution in [1.29, 1.82) is 0 Å². The van der Waals surface area contributed by atoms with Gasteiger partial charge >= 0.3 is 0 Å². The number of hydrogen-bond acceptors (Lipinski definition) is 5. The van der Waals surface area contributed by atoms with Gasteiger partial charge in [0.1, 0.15) is 5.60 Å². The summed E-state index contributed by atoms with van der Waals surface area (Å²) >= 11 is 0. The largest absolute Gasteiger partial charge is 0.389 e. The third kappa shape index (κ3) is 4.54. The molecular weight excluding hydrogens is 320 g/mol. The maximum atomic E-state index is 12.7. The Morgan fingerprint density at radius 3 is 2.76 bits per heavy atom. The molecule has 0 aromatic heterocycles. The van der Waals surface area contributed by atoms with Crippen molar-refractivity contribution < 1.29 is 19.4 Å². The summed E-state index contributed by atoms with van der Waals surface area (Å²) in [7, 11) is 2.12. The van der Waals surface area contributed by atoms with E-state index >= 15 is 0 Å². The predicted octanol–water partition coefficient (Wildman–Crippen LogP) is 1.41. The molecule has 1 saturated carbocycles. The third-order valence-electron chi connectivity index (χ3n) is 6.18. The van der Waals surface area contributed by atoms with E-state index in [-0.39, 0.29) is 24.0 Å². The molecule has 144 valence electrons. The van der Waals surface area contributed by atoms with E-state index in [1.807, 2.05) is 4.90 Å². The Morgan fingerprint density at radius 2 is 2.12 bits per heavy atom. The lowest BCUT2D eigenvalue weighted by atomic mass is 9.77. The first kappa shape index (κ1) is 19.1. The topological polar surface area (TPSA) is 62.2 Å². The average molecular weight is 354 g/mol. The molecule has 1 aliphatic carbocycles. The molecule has 2 aliphatic heterocycles. The minimum atomic E-state index is -0.767. The van der Waals surface area contributed by atoms with Crippen LogP contribution in [0.1, 0.15) is 52.4 Å². The number of ether oxygens (including phenoxy) is 2. The Labute approximate surface area is 151 Å². The molecule has 3 rings (SSSR count). The number of hydrogen-bond donors (Lipinski definition) is 1. The number of rotatable bonds is 5. The van der Waals surface area contributed by atoms with Gasteiger partial charge in [-0.25, -0.2) is 0 Å². The summed E-state index contributed by atoms with van der Waals surface area (Å²) in [6.07, 6.45) is 4.88. The Balaban J connectivity index is 1.59. The molecule has 2 atom stereocenters. The first-order valence-corrected chi connectivity index (χ1v) is 9.77. The van der Waals surface area contributed by atoms with Crippen LogP contribution < -0.4 is 0 Å². The number of carbonyl (C=O) groups is 1. The summed E-state index contributed by atoms with van der Waals surface area (Å²) < 4.78 is 12.2. The molecule has 3 aliphatic rings. The fourth-order valence-corrected chi connectivity index (χ4v) is 4.05. The summed E-state index contributed by atoms with van der Waals surface area (Å²) in [5.41, 5.74) is -1.15. The molecule has 1 spiro atoms. The van der Waals surface area contributed by atoms with Crippen molar-refractivity contribution in [3.05, 3.63) is 0 Å². The lowest BCUT2D eigenvalue weighted by Gasteiger charge is -2.38. The fourth-order valence-electron chi connectivity index (χ4n) is 4.05. The van der Waals surface area contributed by atoms with Crippen molar-refractivity contribution in [2.45, 2.75) is 75.7 Å². The molecule has 1 unspecified atom stereocenters. The van der Waals surface area contributed by atoms with E-state index in [1.54, 1.807) is 0 Å². The monoisotopic (exact) mass is 354 g/mol. The molecule has 0 aromatic carbocycles. The summed E-state index contributed by atoms with van der Waals surface area (Å²) in [4.78, 5) is 16.9. The van der Waals surface area contributed by atoms with Gasteiger partial charge in [-0.1, -0.05) is 0 Å². The number of nitrogens with zero attached hydrogens (tertiary/aromatic N) is 2. The molecular formula is C19H34N2O4. The second-order valence-electron chi connectivity index (χ2n) is 8.62. The molecule has 1 N–H and O–H groups in total. The van der Waals surface area contributed by atoms with E-state index < -0.39 is 5.60 Å². The molecule has 0 bridgehead atoms. The van der Waals surface area contributed by atoms with Crippen molar-refractivity contribution in [1.82, 2.24) is 9.80 Å². The highest BCUT2D eigenvalue weighted by Gasteiger charge is 2.45. The van der Waals surface area contributed by atoms with Crippen LogP contribution in [0.5, 0.6) is 0 Å². The molecule has 0 aromatic rings. The Hall–Kier alpha value is -0.690. The van der Waals surface area contributed by atoms with Gasteiger partial charge in [0.15, 0.2) is 0 Å². The zero-order chi connectivity index (χ0) is 18.1. The molecule has 2 heterocycles. The van der Waals surface area contributed by atoms with Crippen LogP contribution in [0.15, 0.2) is 0 Å². The minimum absolute atomic E-state index is 0.0402. The molecule has 0 radical (unpaired) electrons. The average Bonchev–Trinajstić information content (AvgIpc) is 2.78. The molecule has 6 nitrogen and oxygen atoms in total. The molecule has 25 heavy (non-hydrogen) atoms. The third-order valence-corrected chi connectivity index (χ3v) is 6.18. The highest BCUT2D eigenvalue weighted by atomic mass is 16.6. The van der Waals surface area contributed by atoms with Crippen LogP contribution in [0.3, 0.4) is 0 Å². The van der Waals surface area contributed by atoms with Crippen LogP contribution in [0.2, 0.25) is 0 Å². The first-order valence-electron chi connectivity index (χ1n) is 9.77. The van der Waals surface area contributed by atoms with Crippen LogP contribution in [-0.2, 0) is 14.3 Å². The summed E-state index contributed by atoms with van der Waals surface area (Å²) in [6, 6.07) is 0.492. The van der Waals surface area contributed by atoms with E-state index in [1.165, 1.54) is 0 Å². The standard InChI is InChI=1S/C19H34N2O4/c1-15(2)20(3)12-16-5-8-19(25-16)13-21(9-10-24-14-19)17(22)11-18(23)6-4-7-18/h15-16,23H,4-14H2,1-3H3/t16?,19-/m0/s1. The van der Waals surface area contributed by atoms with Crippen LogP contribution >= 0.6 is 0 Å². The quantitative estimate of drug-likeness (QED) is 0.809. The molecule has 3 fully saturated rings. The Morgan fingerprint density at radius 1 is 1.36 bits per heavy atom. The lowest BCUT2D eigenvalue weighted by Crippen LogP contribution is -2.50.